The number of thioether (sulfide) groups is 1. The number of nitrogens with zero attached hydrogens (tertiary/aromatic N) is 2. The highest BCUT2D eigenvalue weighted by Crippen LogP contribution is 2.29. The molecule has 0 spiro atoms. The van der Waals surface area contributed by atoms with E-state index >= 15 is 0 Å². The second kappa shape index (κ2) is 6.75. The van der Waals surface area contributed by atoms with Crippen molar-refractivity contribution in [1.82, 2.24) is 15.5 Å². The Balaban J connectivity index is 1.44. The molecule has 1 aromatic heterocycles. The van der Waals surface area contributed by atoms with Gasteiger partial charge in [0.2, 0.25) is 5.89 Å². The molecular weight excluding hydrogens is 258 g/mol. The van der Waals surface area contributed by atoms with Crippen molar-refractivity contribution in [2.24, 2.45) is 5.92 Å². The first-order valence-corrected chi connectivity index (χ1v) is 8.59. The monoisotopic (exact) mass is 281 g/mol. The van der Waals surface area contributed by atoms with Gasteiger partial charge in [-0.25, -0.2) is 0 Å². The van der Waals surface area contributed by atoms with Gasteiger partial charge in [0.25, 0.3) is 0 Å². The van der Waals surface area contributed by atoms with Gasteiger partial charge in [-0.05, 0) is 38.3 Å². The Labute approximate surface area is 119 Å². The Kier molecular flexibility index (Phi) is 4.77. The third-order valence-corrected chi connectivity index (χ3v) is 5.50. The van der Waals surface area contributed by atoms with E-state index in [0.717, 1.165) is 42.2 Å². The van der Waals surface area contributed by atoms with Crippen LogP contribution in [0.1, 0.15) is 50.2 Å². The van der Waals surface area contributed by atoms with Gasteiger partial charge in [-0.3, -0.25) is 0 Å². The van der Waals surface area contributed by atoms with Crippen LogP contribution in [0.15, 0.2) is 4.52 Å². The fourth-order valence-electron chi connectivity index (χ4n) is 2.99. The molecular formula is C14H23N3OS. The van der Waals surface area contributed by atoms with Gasteiger partial charge in [0.15, 0.2) is 5.82 Å². The summed E-state index contributed by atoms with van der Waals surface area (Å²) in [7, 11) is 0. The zero-order valence-electron chi connectivity index (χ0n) is 11.4. The molecule has 2 heterocycles. The lowest BCUT2D eigenvalue weighted by Gasteiger charge is -2.19. The highest BCUT2D eigenvalue weighted by molar-refractivity contribution is 7.99. The SMILES string of the molecule is C1CCC(SCc2noc(CC3CCNC3)n2)CC1. The van der Waals surface area contributed by atoms with Crippen LogP contribution in [-0.4, -0.2) is 28.5 Å². The van der Waals surface area contributed by atoms with Crippen LogP contribution >= 0.6 is 11.8 Å². The van der Waals surface area contributed by atoms with Crippen molar-refractivity contribution in [3.05, 3.63) is 11.7 Å². The van der Waals surface area contributed by atoms with Gasteiger partial charge in [0.1, 0.15) is 0 Å². The van der Waals surface area contributed by atoms with E-state index in [1.807, 2.05) is 11.8 Å². The first-order chi connectivity index (χ1) is 9.40. The third kappa shape index (κ3) is 3.96. The molecule has 1 aliphatic carbocycles. The predicted octanol–water partition coefficient (Wildman–Crippen LogP) is 2.79. The van der Waals surface area contributed by atoms with Gasteiger partial charge in [-0.1, -0.05) is 24.4 Å². The molecule has 0 aromatic carbocycles. The number of hydrogen-bond donors (Lipinski definition) is 1. The second-order valence-corrected chi connectivity index (χ2v) is 7.03. The molecule has 1 unspecified atom stereocenters. The van der Waals surface area contributed by atoms with Gasteiger partial charge in [-0.2, -0.15) is 16.7 Å². The van der Waals surface area contributed by atoms with Gasteiger partial charge < -0.3 is 9.84 Å². The van der Waals surface area contributed by atoms with E-state index in [1.54, 1.807) is 0 Å². The zero-order chi connectivity index (χ0) is 12.9. The minimum absolute atomic E-state index is 0.680. The standard InChI is InChI=1S/C14H23N3OS/c1-2-4-12(5-3-1)19-10-13-16-14(18-17-13)8-11-6-7-15-9-11/h11-12,15H,1-10H2. The summed E-state index contributed by atoms with van der Waals surface area (Å²) >= 11 is 2.01. The first-order valence-electron chi connectivity index (χ1n) is 7.54. The molecule has 1 saturated heterocycles. The molecule has 2 fully saturated rings. The Hall–Kier alpha value is -0.550. The van der Waals surface area contributed by atoms with E-state index in [-0.39, 0.29) is 0 Å². The van der Waals surface area contributed by atoms with E-state index in [1.165, 1.54) is 38.5 Å². The van der Waals surface area contributed by atoms with Crippen LogP contribution in [-0.2, 0) is 12.2 Å². The zero-order valence-corrected chi connectivity index (χ0v) is 12.3. The number of rotatable bonds is 5. The molecule has 5 heteroatoms. The van der Waals surface area contributed by atoms with Gasteiger partial charge in [0.05, 0.1) is 5.75 Å². The summed E-state index contributed by atoms with van der Waals surface area (Å²) in [4.78, 5) is 4.53. The Morgan fingerprint density at radius 1 is 1.21 bits per heavy atom. The number of aromatic nitrogens is 2. The average molecular weight is 281 g/mol. The Morgan fingerprint density at radius 2 is 2.11 bits per heavy atom. The van der Waals surface area contributed by atoms with Crippen molar-refractivity contribution in [1.29, 1.82) is 0 Å². The quantitative estimate of drug-likeness (QED) is 0.899. The molecule has 0 amide bonds. The average Bonchev–Trinajstić information content (AvgIpc) is 3.10. The molecule has 1 atom stereocenters. The molecule has 1 aliphatic heterocycles. The lowest BCUT2D eigenvalue weighted by Crippen LogP contribution is -2.11. The summed E-state index contributed by atoms with van der Waals surface area (Å²) in [6, 6.07) is 0. The van der Waals surface area contributed by atoms with Crippen LogP contribution in [0.3, 0.4) is 0 Å². The second-order valence-electron chi connectivity index (χ2n) is 5.74. The first kappa shape index (κ1) is 13.4. The van der Waals surface area contributed by atoms with E-state index in [9.17, 15) is 0 Å². The van der Waals surface area contributed by atoms with Gasteiger partial charge in [0, 0.05) is 11.7 Å². The molecule has 0 radical (unpaired) electrons. The van der Waals surface area contributed by atoms with Crippen molar-refractivity contribution >= 4 is 11.8 Å². The van der Waals surface area contributed by atoms with E-state index in [0.29, 0.717) is 5.92 Å². The maximum absolute atomic E-state index is 5.36. The van der Waals surface area contributed by atoms with E-state index in [2.05, 4.69) is 15.5 Å². The summed E-state index contributed by atoms with van der Waals surface area (Å²) in [5.41, 5.74) is 0. The third-order valence-electron chi connectivity index (χ3n) is 4.14. The van der Waals surface area contributed by atoms with Crippen molar-refractivity contribution in [3.63, 3.8) is 0 Å². The van der Waals surface area contributed by atoms with Crippen molar-refractivity contribution in [3.8, 4) is 0 Å². The van der Waals surface area contributed by atoms with Crippen LogP contribution in [0.5, 0.6) is 0 Å². The Morgan fingerprint density at radius 3 is 2.89 bits per heavy atom. The number of nitrogens with one attached hydrogen (secondary N) is 1. The molecule has 0 bridgehead atoms. The summed E-state index contributed by atoms with van der Waals surface area (Å²) in [5, 5.41) is 8.30. The van der Waals surface area contributed by atoms with Crippen LogP contribution < -0.4 is 5.32 Å². The molecule has 1 aromatic rings. The predicted molar refractivity (Wildman–Crippen MR) is 77.1 cm³/mol. The summed E-state index contributed by atoms with van der Waals surface area (Å²) in [6.45, 7) is 2.22. The Bertz CT molecular complexity index is 384. The van der Waals surface area contributed by atoms with Gasteiger partial charge >= 0.3 is 0 Å². The fourth-order valence-corrected chi connectivity index (χ4v) is 4.16. The van der Waals surface area contributed by atoms with Crippen LogP contribution in [0.2, 0.25) is 0 Å². The smallest absolute Gasteiger partial charge is 0.226 e. The van der Waals surface area contributed by atoms with Crippen LogP contribution in [0.4, 0.5) is 0 Å². The molecule has 1 N–H and O–H groups in total. The molecule has 1 saturated carbocycles. The van der Waals surface area contributed by atoms with E-state index in [4.69, 9.17) is 4.52 Å². The van der Waals surface area contributed by atoms with Crippen LogP contribution in [0.25, 0.3) is 0 Å². The molecule has 4 nitrogen and oxygen atoms in total. The van der Waals surface area contributed by atoms with Crippen LogP contribution in [0, 0.1) is 5.92 Å². The summed E-state index contributed by atoms with van der Waals surface area (Å²) < 4.78 is 5.36. The lowest BCUT2D eigenvalue weighted by atomic mass is 10.0. The summed E-state index contributed by atoms with van der Waals surface area (Å²) in [6.07, 6.45) is 9.10. The topological polar surface area (TPSA) is 51.0 Å². The highest BCUT2D eigenvalue weighted by Gasteiger charge is 2.19. The molecule has 106 valence electrons. The number of hydrogen-bond acceptors (Lipinski definition) is 5. The molecule has 19 heavy (non-hydrogen) atoms. The minimum Gasteiger partial charge on any atom is -0.339 e. The highest BCUT2D eigenvalue weighted by atomic mass is 32.2. The van der Waals surface area contributed by atoms with Gasteiger partial charge in [-0.15, -0.1) is 0 Å². The largest absolute Gasteiger partial charge is 0.339 e. The normalized spacial score (nSPS) is 24.9. The maximum atomic E-state index is 5.36. The minimum atomic E-state index is 0.680. The van der Waals surface area contributed by atoms with Crippen molar-refractivity contribution in [2.45, 2.75) is 55.9 Å². The lowest BCUT2D eigenvalue weighted by molar-refractivity contribution is 0.354. The maximum Gasteiger partial charge on any atom is 0.226 e. The summed E-state index contributed by atoms with van der Waals surface area (Å²) in [5.74, 6) is 3.31. The van der Waals surface area contributed by atoms with Crippen molar-refractivity contribution in [2.75, 3.05) is 13.1 Å². The van der Waals surface area contributed by atoms with E-state index < -0.39 is 0 Å². The molecule has 2 aliphatic rings. The fraction of sp³-hybridized carbons (Fsp3) is 0.857. The molecule has 3 rings (SSSR count). The van der Waals surface area contributed by atoms with Crippen molar-refractivity contribution < 1.29 is 4.52 Å².